The molecule has 0 fully saturated rings. The summed E-state index contributed by atoms with van der Waals surface area (Å²) in [4.78, 5) is 10.1. The smallest absolute Gasteiger partial charge is 0.171 e. The minimum atomic E-state index is 0.489. The van der Waals surface area contributed by atoms with Gasteiger partial charge in [0.05, 0.1) is 10.4 Å². The Labute approximate surface area is 136 Å². The van der Waals surface area contributed by atoms with Crippen molar-refractivity contribution in [2.24, 2.45) is 0 Å². The normalized spacial score (nSPS) is 11.5. The molecule has 0 unspecified atom stereocenters. The van der Waals surface area contributed by atoms with Crippen LogP contribution in [-0.2, 0) is 0 Å². The third kappa shape index (κ3) is 2.05. The van der Waals surface area contributed by atoms with E-state index in [9.17, 15) is 0 Å². The Morgan fingerprint density at radius 3 is 2.80 bits per heavy atom. The first-order valence-corrected chi connectivity index (χ1v) is 8.67. The fourth-order valence-corrected chi connectivity index (χ4v) is 4.68. The first kappa shape index (κ1) is 12.7. The summed E-state index contributed by atoms with van der Waals surface area (Å²) in [7, 11) is 0. The lowest BCUT2D eigenvalue weighted by Crippen LogP contribution is -1.90. The van der Waals surface area contributed by atoms with E-state index in [1.54, 1.807) is 22.7 Å². The quantitative estimate of drug-likeness (QED) is 0.378. The number of hydrogen-bond acceptors (Lipinski definition) is 4. The van der Waals surface area contributed by atoms with Crippen molar-refractivity contribution in [3.63, 3.8) is 0 Å². The van der Waals surface area contributed by atoms with Crippen molar-refractivity contribution >= 4 is 70.5 Å². The zero-order valence-electron chi connectivity index (χ0n) is 9.93. The second-order valence-corrected chi connectivity index (χ2v) is 7.56. The first-order chi connectivity index (χ1) is 9.70. The molecule has 0 aliphatic heterocycles. The van der Waals surface area contributed by atoms with E-state index in [0.717, 1.165) is 20.3 Å². The number of aromatic nitrogens is 2. The minimum Gasteiger partial charge on any atom is -0.227 e. The second-order valence-electron chi connectivity index (χ2n) is 4.26. The molecule has 0 aliphatic carbocycles. The Bertz CT molecular complexity index is 916. The Hall–Kier alpha value is -1.01. The zero-order chi connectivity index (χ0) is 13.7. The number of hydrogen-bond donors (Lipinski definition) is 0. The van der Waals surface area contributed by atoms with Crippen molar-refractivity contribution in [1.29, 1.82) is 0 Å². The number of benzene rings is 1. The molecule has 20 heavy (non-hydrogen) atoms. The topological polar surface area (TPSA) is 25.8 Å². The summed E-state index contributed by atoms with van der Waals surface area (Å²) in [6.07, 6.45) is 0. The Morgan fingerprint density at radius 2 is 1.95 bits per heavy atom. The average Bonchev–Trinajstić information content (AvgIpc) is 3.00. The standard InChI is InChI=1S/C14H6BrClN2S2/c15-7-1-2-9-8(5-7)13(16)18-14(17-9)12-6-11-10(20-12)3-4-19-11/h1-6H. The number of rotatable bonds is 1. The summed E-state index contributed by atoms with van der Waals surface area (Å²) >= 11 is 13.2. The Balaban J connectivity index is 1.96. The van der Waals surface area contributed by atoms with E-state index in [4.69, 9.17) is 11.6 Å². The number of thiophene rings is 2. The molecule has 0 saturated carbocycles. The third-order valence-corrected chi connectivity index (χ3v) is 5.84. The molecular weight excluding hydrogens is 376 g/mol. The van der Waals surface area contributed by atoms with Gasteiger partial charge in [0.15, 0.2) is 5.82 Å². The van der Waals surface area contributed by atoms with Gasteiger partial charge in [-0.3, -0.25) is 0 Å². The molecule has 1 aromatic carbocycles. The highest BCUT2D eigenvalue weighted by Gasteiger charge is 2.11. The summed E-state index contributed by atoms with van der Waals surface area (Å²) in [5.74, 6) is 0.693. The maximum absolute atomic E-state index is 6.29. The van der Waals surface area contributed by atoms with Crippen LogP contribution in [-0.4, -0.2) is 9.97 Å². The molecule has 3 heterocycles. The molecule has 0 saturated heterocycles. The summed E-state index contributed by atoms with van der Waals surface area (Å²) in [5.41, 5.74) is 0.861. The van der Waals surface area contributed by atoms with Crippen LogP contribution < -0.4 is 0 Å². The average molecular weight is 382 g/mol. The van der Waals surface area contributed by atoms with Crippen molar-refractivity contribution in [1.82, 2.24) is 9.97 Å². The first-order valence-electron chi connectivity index (χ1n) is 5.81. The highest BCUT2D eigenvalue weighted by molar-refractivity contribution is 9.10. The van der Waals surface area contributed by atoms with Gasteiger partial charge in [0.2, 0.25) is 0 Å². The third-order valence-electron chi connectivity index (χ3n) is 2.97. The van der Waals surface area contributed by atoms with Crippen molar-refractivity contribution < 1.29 is 0 Å². The van der Waals surface area contributed by atoms with E-state index in [1.165, 1.54) is 9.40 Å². The molecule has 4 aromatic rings. The van der Waals surface area contributed by atoms with E-state index < -0.39 is 0 Å². The van der Waals surface area contributed by atoms with E-state index in [-0.39, 0.29) is 0 Å². The summed E-state index contributed by atoms with van der Waals surface area (Å²) in [6.45, 7) is 0. The van der Waals surface area contributed by atoms with Crippen LogP contribution in [0.3, 0.4) is 0 Å². The predicted molar refractivity (Wildman–Crippen MR) is 90.9 cm³/mol. The van der Waals surface area contributed by atoms with Crippen molar-refractivity contribution in [2.45, 2.75) is 0 Å². The van der Waals surface area contributed by atoms with Gasteiger partial charge in [0, 0.05) is 19.3 Å². The monoisotopic (exact) mass is 380 g/mol. The van der Waals surface area contributed by atoms with Crippen molar-refractivity contribution in [3.8, 4) is 10.7 Å². The van der Waals surface area contributed by atoms with E-state index in [1.807, 2.05) is 18.2 Å². The van der Waals surface area contributed by atoms with Crippen LogP contribution in [0, 0.1) is 0 Å². The highest BCUT2D eigenvalue weighted by atomic mass is 79.9. The largest absolute Gasteiger partial charge is 0.227 e. The zero-order valence-corrected chi connectivity index (χ0v) is 13.9. The van der Waals surface area contributed by atoms with Crippen LogP contribution >= 0.6 is 50.2 Å². The van der Waals surface area contributed by atoms with Crippen LogP contribution in [0.4, 0.5) is 0 Å². The van der Waals surface area contributed by atoms with Gasteiger partial charge >= 0.3 is 0 Å². The van der Waals surface area contributed by atoms with Crippen LogP contribution in [0.1, 0.15) is 0 Å². The molecule has 3 aromatic heterocycles. The maximum Gasteiger partial charge on any atom is 0.171 e. The lowest BCUT2D eigenvalue weighted by atomic mass is 10.2. The van der Waals surface area contributed by atoms with Gasteiger partial charge in [-0.25, -0.2) is 9.97 Å². The van der Waals surface area contributed by atoms with Crippen LogP contribution in [0.2, 0.25) is 5.15 Å². The van der Waals surface area contributed by atoms with Gasteiger partial charge in [-0.15, -0.1) is 22.7 Å². The van der Waals surface area contributed by atoms with Gasteiger partial charge in [0.1, 0.15) is 5.15 Å². The molecule has 4 rings (SSSR count). The molecule has 0 N–H and O–H groups in total. The molecule has 98 valence electrons. The molecule has 0 aliphatic rings. The van der Waals surface area contributed by atoms with E-state index >= 15 is 0 Å². The number of halogens is 2. The molecule has 0 atom stereocenters. The Kier molecular flexibility index (Phi) is 3.03. The van der Waals surface area contributed by atoms with Crippen molar-refractivity contribution in [3.05, 3.63) is 45.3 Å². The molecule has 0 radical (unpaired) electrons. The molecule has 2 nitrogen and oxygen atoms in total. The summed E-state index contributed by atoms with van der Waals surface area (Å²) in [5, 5.41) is 3.45. The van der Waals surface area contributed by atoms with Crippen molar-refractivity contribution in [2.75, 3.05) is 0 Å². The van der Waals surface area contributed by atoms with E-state index in [0.29, 0.717) is 11.0 Å². The van der Waals surface area contributed by atoms with Gasteiger partial charge in [-0.05, 0) is 35.7 Å². The predicted octanol–water partition coefficient (Wildman–Crippen LogP) is 5.99. The SMILES string of the molecule is Clc1nc(-c2cc3sccc3s2)nc2ccc(Br)cc12. The summed E-state index contributed by atoms with van der Waals surface area (Å²) in [6, 6.07) is 10.1. The van der Waals surface area contributed by atoms with Crippen LogP contribution in [0.5, 0.6) is 0 Å². The fraction of sp³-hybridized carbons (Fsp3) is 0. The van der Waals surface area contributed by atoms with Crippen LogP contribution in [0.25, 0.3) is 31.0 Å². The van der Waals surface area contributed by atoms with Gasteiger partial charge in [0.25, 0.3) is 0 Å². The fourth-order valence-electron chi connectivity index (χ4n) is 2.05. The molecular formula is C14H6BrClN2S2. The molecule has 6 heteroatoms. The molecule has 0 spiro atoms. The highest BCUT2D eigenvalue weighted by Crippen LogP contribution is 2.36. The lowest BCUT2D eigenvalue weighted by molar-refractivity contribution is 1.24. The minimum absolute atomic E-state index is 0.489. The number of fused-ring (bicyclic) bond motifs is 2. The lowest BCUT2D eigenvalue weighted by Gasteiger charge is -2.03. The number of nitrogens with zero attached hydrogens (tertiary/aromatic N) is 2. The maximum atomic E-state index is 6.29. The Morgan fingerprint density at radius 1 is 1.05 bits per heavy atom. The molecule has 0 amide bonds. The van der Waals surface area contributed by atoms with Gasteiger partial charge in [-0.1, -0.05) is 27.5 Å². The van der Waals surface area contributed by atoms with Crippen LogP contribution in [0.15, 0.2) is 40.2 Å². The second kappa shape index (κ2) is 4.77. The van der Waals surface area contributed by atoms with Gasteiger partial charge in [-0.2, -0.15) is 0 Å². The summed E-state index contributed by atoms with van der Waals surface area (Å²) < 4.78 is 3.50. The van der Waals surface area contributed by atoms with Gasteiger partial charge < -0.3 is 0 Å². The molecule has 0 bridgehead atoms. The van der Waals surface area contributed by atoms with E-state index in [2.05, 4.69) is 43.4 Å².